The van der Waals surface area contributed by atoms with Crippen molar-refractivity contribution in [2.45, 2.75) is 12.6 Å². The molecule has 16 heavy (non-hydrogen) atoms. The molecule has 1 aliphatic heterocycles. The molecule has 0 radical (unpaired) electrons. The molecule has 1 fully saturated rings. The number of carbonyl (C=O) groups excluding carboxylic acids is 1. The minimum Gasteiger partial charge on any atom is -0.480 e. The van der Waals surface area contributed by atoms with Crippen LogP contribution in [0, 0.1) is 0 Å². The van der Waals surface area contributed by atoms with Crippen LogP contribution in [0.5, 0.6) is 0 Å². The van der Waals surface area contributed by atoms with Crippen molar-refractivity contribution in [1.82, 2.24) is 9.80 Å². The van der Waals surface area contributed by atoms with Crippen molar-refractivity contribution in [1.29, 1.82) is 0 Å². The van der Waals surface area contributed by atoms with Crippen molar-refractivity contribution in [2.75, 3.05) is 26.2 Å². The maximum atomic E-state index is 12.1. The summed E-state index contributed by atoms with van der Waals surface area (Å²) in [5.74, 6) is -1.23. The third-order valence-electron chi connectivity index (χ3n) is 2.09. The molecule has 92 valence electrons. The Balaban J connectivity index is 2.60. The fraction of sp³-hybridized carbons (Fsp3) is 0.750. The molecule has 1 heterocycles. The van der Waals surface area contributed by atoms with Gasteiger partial charge in [-0.3, -0.25) is 4.79 Å². The summed E-state index contributed by atoms with van der Waals surface area (Å²) >= 11 is 0. The summed E-state index contributed by atoms with van der Waals surface area (Å²) in [6, 6.07) is -0.869. The monoisotopic (exact) mass is 240 g/mol. The normalized spacial score (nSPS) is 17.8. The van der Waals surface area contributed by atoms with Crippen LogP contribution in [0.2, 0.25) is 0 Å². The Labute approximate surface area is 89.4 Å². The standard InChI is InChI=1S/C8H11F3N2O3/c9-8(10,11)5-13-3-1-2-12(7(13)16)4-6(14)15/h1-5H2,(H,14,15). The van der Waals surface area contributed by atoms with Crippen LogP contribution in [0.3, 0.4) is 0 Å². The average molecular weight is 240 g/mol. The van der Waals surface area contributed by atoms with E-state index in [9.17, 15) is 22.8 Å². The van der Waals surface area contributed by atoms with Gasteiger partial charge >= 0.3 is 18.2 Å². The third-order valence-corrected chi connectivity index (χ3v) is 2.09. The Morgan fingerprint density at radius 1 is 1.31 bits per heavy atom. The van der Waals surface area contributed by atoms with Gasteiger partial charge < -0.3 is 14.9 Å². The van der Waals surface area contributed by atoms with Crippen LogP contribution in [-0.4, -0.2) is 59.3 Å². The first-order chi connectivity index (χ1) is 7.29. The lowest BCUT2D eigenvalue weighted by Crippen LogP contribution is -2.53. The molecule has 1 rings (SSSR count). The van der Waals surface area contributed by atoms with Crippen molar-refractivity contribution in [3.8, 4) is 0 Å². The second-order valence-electron chi connectivity index (χ2n) is 3.49. The lowest BCUT2D eigenvalue weighted by Gasteiger charge is -2.34. The zero-order valence-corrected chi connectivity index (χ0v) is 8.33. The van der Waals surface area contributed by atoms with Crippen LogP contribution in [0.4, 0.5) is 18.0 Å². The minimum atomic E-state index is -4.46. The van der Waals surface area contributed by atoms with Crippen LogP contribution < -0.4 is 0 Å². The molecule has 0 aromatic carbocycles. The van der Waals surface area contributed by atoms with Crippen LogP contribution in [0.25, 0.3) is 0 Å². The van der Waals surface area contributed by atoms with Crippen molar-refractivity contribution < 1.29 is 27.9 Å². The highest BCUT2D eigenvalue weighted by atomic mass is 19.4. The van der Waals surface area contributed by atoms with E-state index in [-0.39, 0.29) is 13.1 Å². The van der Waals surface area contributed by atoms with Crippen molar-refractivity contribution >= 4 is 12.0 Å². The molecule has 0 aliphatic carbocycles. The van der Waals surface area contributed by atoms with Gasteiger partial charge in [-0.1, -0.05) is 0 Å². The van der Waals surface area contributed by atoms with E-state index in [1.54, 1.807) is 0 Å². The highest BCUT2D eigenvalue weighted by Gasteiger charge is 2.36. The number of carboxylic acid groups (broad SMARTS) is 1. The number of alkyl halides is 3. The van der Waals surface area contributed by atoms with Crippen LogP contribution in [-0.2, 0) is 4.79 Å². The topological polar surface area (TPSA) is 60.9 Å². The van der Waals surface area contributed by atoms with Gasteiger partial charge in [0.1, 0.15) is 13.1 Å². The van der Waals surface area contributed by atoms with E-state index < -0.39 is 31.3 Å². The summed E-state index contributed by atoms with van der Waals surface area (Å²) < 4.78 is 36.2. The van der Waals surface area contributed by atoms with Gasteiger partial charge in [0.2, 0.25) is 0 Å². The number of amides is 2. The molecule has 2 amide bonds. The molecular formula is C8H11F3N2O3. The molecule has 0 aromatic rings. The number of urea groups is 1. The van der Waals surface area contributed by atoms with Gasteiger partial charge in [0.05, 0.1) is 0 Å². The highest BCUT2D eigenvalue weighted by Crippen LogP contribution is 2.19. The van der Waals surface area contributed by atoms with E-state index in [2.05, 4.69) is 0 Å². The average Bonchev–Trinajstić information content (AvgIpc) is 2.09. The lowest BCUT2D eigenvalue weighted by atomic mass is 10.3. The Kier molecular flexibility index (Phi) is 3.61. The third kappa shape index (κ3) is 3.59. The zero-order valence-electron chi connectivity index (χ0n) is 8.33. The Morgan fingerprint density at radius 2 is 1.88 bits per heavy atom. The lowest BCUT2D eigenvalue weighted by molar-refractivity contribution is -0.144. The molecule has 0 aromatic heterocycles. The van der Waals surface area contributed by atoms with Gasteiger partial charge in [-0.25, -0.2) is 4.79 Å². The molecule has 5 nitrogen and oxygen atoms in total. The Hall–Kier alpha value is -1.47. The molecule has 1 saturated heterocycles. The number of halogens is 3. The molecular weight excluding hydrogens is 229 g/mol. The number of rotatable bonds is 3. The molecule has 0 bridgehead atoms. The van der Waals surface area contributed by atoms with Crippen molar-refractivity contribution in [3.63, 3.8) is 0 Å². The van der Waals surface area contributed by atoms with E-state index in [1.165, 1.54) is 0 Å². The number of aliphatic carboxylic acids is 1. The molecule has 0 unspecified atom stereocenters. The molecule has 1 N–H and O–H groups in total. The van der Waals surface area contributed by atoms with E-state index in [0.717, 1.165) is 4.90 Å². The van der Waals surface area contributed by atoms with E-state index in [1.807, 2.05) is 0 Å². The van der Waals surface area contributed by atoms with Gasteiger partial charge in [0.25, 0.3) is 0 Å². The van der Waals surface area contributed by atoms with Crippen LogP contribution >= 0.6 is 0 Å². The molecule has 1 aliphatic rings. The molecule has 0 atom stereocenters. The van der Waals surface area contributed by atoms with Gasteiger partial charge in [0, 0.05) is 13.1 Å². The highest BCUT2D eigenvalue weighted by molar-refractivity contribution is 5.80. The Bertz CT molecular complexity index is 293. The van der Waals surface area contributed by atoms with Crippen molar-refractivity contribution in [2.24, 2.45) is 0 Å². The van der Waals surface area contributed by atoms with Gasteiger partial charge in [-0.15, -0.1) is 0 Å². The second kappa shape index (κ2) is 4.58. The number of hydrogen-bond donors (Lipinski definition) is 1. The summed E-state index contributed by atoms with van der Waals surface area (Å²) in [7, 11) is 0. The van der Waals surface area contributed by atoms with Gasteiger partial charge in [-0.2, -0.15) is 13.2 Å². The Morgan fingerprint density at radius 3 is 2.38 bits per heavy atom. The first kappa shape index (κ1) is 12.6. The predicted octanol–water partition coefficient (Wildman–Crippen LogP) is 0.761. The minimum absolute atomic E-state index is 0.00840. The maximum Gasteiger partial charge on any atom is 0.406 e. The fourth-order valence-corrected chi connectivity index (χ4v) is 1.52. The van der Waals surface area contributed by atoms with Crippen LogP contribution in [0.1, 0.15) is 6.42 Å². The smallest absolute Gasteiger partial charge is 0.406 e. The summed E-state index contributed by atoms with van der Waals surface area (Å²) in [6.45, 7) is -1.71. The summed E-state index contributed by atoms with van der Waals surface area (Å²) in [6.07, 6.45) is -4.11. The number of carbonyl (C=O) groups is 2. The maximum absolute atomic E-state index is 12.1. The van der Waals surface area contributed by atoms with Crippen molar-refractivity contribution in [3.05, 3.63) is 0 Å². The van der Waals surface area contributed by atoms with E-state index in [0.29, 0.717) is 11.3 Å². The van der Waals surface area contributed by atoms with Gasteiger partial charge in [0.15, 0.2) is 0 Å². The first-order valence-corrected chi connectivity index (χ1v) is 4.62. The van der Waals surface area contributed by atoms with E-state index in [4.69, 9.17) is 5.11 Å². The summed E-state index contributed by atoms with van der Waals surface area (Å²) in [4.78, 5) is 23.3. The van der Waals surface area contributed by atoms with Gasteiger partial charge in [-0.05, 0) is 6.42 Å². The molecule has 0 saturated carbocycles. The number of carboxylic acids is 1. The predicted molar refractivity (Wildman–Crippen MR) is 46.8 cm³/mol. The quantitative estimate of drug-likeness (QED) is 0.792. The largest absolute Gasteiger partial charge is 0.480 e. The van der Waals surface area contributed by atoms with Crippen LogP contribution in [0.15, 0.2) is 0 Å². The number of nitrogens with zero attached hydrogens (tertiary/aromatic N) is 2. The first-order valence-electron chi connectivity index (χ1n) is 4.62. The summed E-state index contributed by atoms with van der Waals surface area (Å²) in [5.41, 5.74) is 0. The SMILES string of the molecule is O=C(O)CN1CCCN(CC(F)(F)F)C1=O. The second-order valence-corrected chi connectivity index (χ2v) is 3.49. The molecule has 0 spiro atoms. The zero-order chi connectivity index (χ0) is 12.3. The fourth-order valence-electron chi connectivity index (χ4n) is 1.52. The number of hydrogen-bond acceptors (Lipinski definition) is 2. The van der Waals surface area contributed by atoms with E-state index >= 15 is 0 Å². The molecule has 8 heteroatoms. The summed E-state index contributed by atoms with van der Waals surface area (Å²) in [5, 5.41) is 8.47.